The number of benzene rings is 2. The van der Waals surface area contributed by atoms with Crippen molar-refractivity contribution in [3.8, 4) is 0 Å². The second kappa shape index (κ2) is 10.2. The first-order valence-corrected chi connectivity index (χ1v) is 8.53. The molecule has 2 aromatic rings. The van der Waals surface area contributed by atoms with E-state index in [2.05, 4.69) is 98.5 Å². The van der Waals surface area contributed by atoms with Gasteiger partial charge in [-0.05, 0) is 36.5 Å². The molecule has 0 N–H and O–H groups in total. The van der Waals surface area contributed by atoms with E-state index in [0.29, 0.717) is 5.92 Å². The minimum absolute atomic E-state index is 0.385. The van der Waals surface area contributed by atoms with Gasteiger partial charge in [0, 0.05) is 5.92 Å². The summed E-state index contributed by atoms with van der Waals surface area (Å²) in [6.07, 6.45) is 14.8. The predicted octanol–water partition coefficient (Wildman–Crippen LogP) is 6.65. The minimum Gasteiger partial charge on any atom is -0.0991 e. The lowest BCUT2D eigenvalue weighted by Gasteiger charge is -2.11. The Labute approximate surface area is 146 Å². The van der Waals surface area contributed by atoms with Gasteiger partial charge in [0.1, 0.15) is 0 Å². The average molecular weight is 314 g/mol. The van der Waals surface area contributed by atoms with Crippen LogP contribution in [0.3, 0.4) is 0 Å². The number of hydrogen-bond donors (Lipinski definition) is 0. The third kappa shape index (κ3) is 5.89. The van der Waals surface area contributed by atoms with Gasteiger partial charge in [0.15, 0.2) is 0 Å². The van der Waals surface area contributed by atoms with Crippen molar-refractivity contribution in [3.05, 3.63) is 120 Å². The predicted molar refractivity (Wildman–Crippen MR) is 106 cm³/mol. The van der Waals surface area contributed by atoms with E-state index >= 15 is 0 Å². The van der Waals surface area contributed by atoms with Gasteiger partial charge in [-0.15, -0.1) is 0 Å². The zero-order chi connectivity index (χ0) is 17.0. The van der Waals surface area contributed by atoms with Crippen LogP contribution in [0, 0.1) is 0 Å². The van der Waals surface area contributed by atoms with Crippen molar-refractivity contribution in [2.75, 3.05) is 0 Å². The summed E-state index contributed by atoms with van der Waals surface area (Å²) in [6.45, 7) is 5.89. The largest absolute Gasteiger partial charge is 0.0991 e. The van der Waals surface area contributed by atoms with Crippen molar-refractivity contribution in [3.63, 3.8) is 0 Å². The summed E-state index contributed by atoms with van der Waals surface area (Å²) in [4.78, 5) is 0. The van der Waals surface area contributed by atoms with Gasteiger partial charge in [-0.3, -0.25) is 0 Å². The molecule has 0 aromatic heterocycles. The number of hydrogen-bond acceptors (Lipinski definition) is 0. The highest BCUT2D eigenvalue weighted by Crippen LogP contribution is 2.22. The van der Waals surface area contributed by atoms with E-state index in [-0.39, 0.29) is 0 Å². The number of allylic oxidation sites excluding steroid dienone is 7. The lowest BCUT2D eigenvalue weighted by atomic mass is 9.94. The highest BCUT2D eigenvalue weighted by atomic mass is 14.1. The van der Waals surface area contributed by atoms with Crippen LogP contribution in [0.1, 0.15) is 30.4 Å². The van der Waals surface area contributed by atoms with Crippen molar-refractivity contribution in [1.29, 1.82) is 0 Å². The Morgan fingerprint density at radius 3 is 2.29 bits per heavy atom. The first kappa shape index (κ1) is 17.7. The van der Waals surface area contributed by atoms with Gasteiger partial charge in [0.05, 0.1) is 0 Å². The van der Waals surface area contributed by atoms with Gasteiger partial charge in [-0.2, -0.15) is 0 Å². The topological polar surface area (TPSA) is 0 Å². The Bertz CT molecular complexity index is 687. The molecule has 0 heterocycles. The Kier molecular flexibility index (Phi) is 7.56. The van der Waals surface area contributed by atoms with Crippen molar-refractivity contribution in [2.24, 2.45) is 0 Å². The molecule has 122 valence electrons. The van der Waals surface area contributed by atoms with Gasteiger partial charge in [-0.25, -0.2) is 0 Å². The summed E-state index contributed by atoms with van der Waals surface area (Å²) < 4.78 is 0. The average Bonchev–Trinajstić information content (AvgIpc) is 2.65. The molecule has 0 aliphatic rings. The molecule has 1 unspecified atom stereocenters. The SMILES string of the molecule is C=CC=CC(CC=CC(=CC)Cc1ccccc1)c1ccccc1. The summed E-state index contributed by atoms with van der Waals surface area (Å²) in [6, 6.07) is 21.2. The smallest absolute Gasteiger partial charge is 0.00557 e. The Morgan fingerprint density at radius 1 is 1.00 bits per heavy atom. The number of rotatable bonds is 8. The molecular formula is C24H26. The van der Waals surface area contributed by atoms with Gasteiger partial charge >= 0.3 is 0 Å². The second-order valence-corrected chi connectivity index (χ2v) is 5.80. The van der Waals surface area contributed by atoms with Crippen molar-refractivity contribution < 1.29 is 0 Å². The van der Waals surface area contributed by atoms with Crippen molar-refractivity contribution in [2.45, 2.75) is 25.7 Å². The van der Waals surface area contributed by atoms with Crippen LogP contribution in [0.5, 0.6) is 0 Å². The van der Waals surface area contributed by atoms with Crippen LogP contribution in [-0.4, -0.2) is 0 Å². The Balaban J connectivity index is 2.03. The molecule has 0 bridgehead atoms. The summed E-state index contributed by atoms with van der Waals surface area (Å²) >= 11 is 0. The maximum atomic E-state index is 3.78. The molecule has 0 saturated heterocycles. The van der Waals surface area contributed by atoms with Crippen molar-refractivity contribution >= 4 is 0 Å². The standard InChI is InChI=1S/C24H26/c1-3-5-16-23(24-17-10-7-11-18-24)19-12-15-21(4-2)20-22-13-8-6-9-14-22/h3-18,23H,1,19-20H2,2H3. The first-order chi connectivity index (χ1) is 11.8. The fourth-order valence-corrected chi connectivity index (χ4v) is 2.69. The quantitative estimate of drug-likeness (QED) is 0.479. The molecule has 0 nitrogen and oxygen atoms in total. The lowest BCUT2D eigenvalue weighted by molar-refractivity contribution is 0.862. The fraction of sp³-hybridized carbons (Fsp3) is 0.167. The van der Waals surface area contributed by atoms with Crippen LogP contribution >= 0.6 is 0 Å². The Morgan fingerprint density at radius 2 is 1.67 bits per heavy atom. The molecule has 0 fully saturated rings. The molecule has 0 amide bonds. The van der Waals surface area contributed by atoms with E-state index < -0.39 is 0 Å². The maximum absolute atomic E-state index is 3.78. The van der Waals surface area contributed by atoms with E-state index in [1.54, 1.807) is 0 Å². The van der Waals surface area contributed by atoms with Crippen LogP contribution < -0.4 is 0 Å². The molecule has 0 radical (unpaired) electrons. The summed E-state index contributed by atoms with van der Waals surface area (Å²) in [7, 11) is 0. The summed E-state index contributed by atoms with van der Waals surface area (Å²) in [5.74, 6) is 0.385. The molecule has 0 aliphatic carbocycles. The Hall–Kier alpha value is -2.60. The molecule has 0 saturated carbocycles. The molecule has 24 heavy (non-hydrogen) atoms. The van der Waals surface area contributed by atoms with Crippen LogP contribution in [-0.2, 0) is 6.42 Å². The zero-order valence-electron chi connectivity index (χ0n) is 14.4. The monoisotopic (exact) mass is 314 g/mol. The first-order valence-electron chi connectivity index (χ1n) is 8.53. The summed E-state index contributed by atoms with van der Waals surface area (Å²) in [5, 5.41) is 0. The molecule has 2 rings (SSSR count). The van der Waals surface area contributed by atoms with E-state index in [1.165, 1.54) is 16.7 Å². The van der Waals surface area contributed by atoms with E-state index in [4.69, 9.17) is 0 Å². The second-order valence-electron chi connectivity index (χ2n) is 5.80. The normalized spacial score (nSPS) is 13.5. The lowest BCUT2D eigenvalue weighted by Crippen LogP contribution is -1.94. The van der Waals surface area contributed by atoms with Crippen LogP contribution in [0.4, 0.5) is 0 Å². The van der Waals surface area contributed by atoms with E-state index in [1.807, 2.05) is 12.2 Å². The molecule has 0 spiro atoms. The molecule has 0 heteroatoms. The third-order valence-electron chi connectivity index (χ3n) is 4.05. The van der Waals surface area contributed by atoms with Gasteiger partial charge in [0.2, 0.25) is 0 Å². The van der Waals surface area contributed by atoms with E-state index in [0.717, 1.165) is 12.8 Å². The molecule has 0 aliphatic heterocycles. The molecule has 1 atom stereocenters. The van der Waals surface area contributed by atoms with E-state index in [9.17, 15) is 0 Å². The molecular weight excluding hydrogens is 288 g/mol. The summed E-state index contributed by atoms with van der Waals surface area (Å²) in [5.41, 5.74) is 4.03. The minimum atomic E-state index is 0.385. The zero-order valence-corrected chi connectivity index (χ0v) is 14.4. The van der Waals surface area contributed by atoms with Crippen LogP contribution in [0.25, 0.3) is 0 Å². The fourth-order valence-electron chi connectivity index (χ4n) is 2.69. The van der Waals surface area contributed by atoms with Gasteiger partial charge in [0.25, 0.3) is 0 Å². The highest BCUT2D eigenvalue weighted by molar-refractivity contribution is 5.30. The van der Waals surface area contributed by atoms with Gasteiger partial charge < -0.3 is 0 Å². The maximum Gasteiger partial charge on any atom is 0.00557 e. The van der Waals surface area contributed by atoms with Gasteiger partial charge in [-0.1, -0.05) is 104 Å². The highest BCUT2D eigenvalue weighted by Gasteiger charge is 2.05. The van der Waals surface area contributed by atoms with Crippen molar-refractivity contribution in [1.82, 2.24) is 0 Å². The van der Waals surface area contributed by atoms with Crippen LogP contribution in [0.15, 0.2) is 109 Å². The third-order valence-corrected chi connectivity index (χ3v) is 4.05. The van der Waals surface area contributed by atoms with Crippen LogP contribution in [0.2, 0.25) is 0 Å². The molecule has 2 aromatic carbocycles.